The second-order valence-corrected chi connectivity index (χ2v) is 5.78. The van der Waals surface area contributed by atoms with Gasteiger partial charge >= 0.3 is 0 Å². The van der Waals surface area contributed by atoms with E-state index in [4.69, 9.17) is 4.74 Å². The number of amides is 2. The standard InChI is InChI=1S/C18H21N3O3/c1-18(2,16(22)20-12-13-8-6-7-11-19-13)17(23)21-14-9-4-5-10-15(14)24-3/h4-11H,12H2,1-3H3,(H,20,22)(H,21,23). The van der Waals surface area contributed by atoms with Gasteiger partial charge in [0.2, 0.25) is 11.8 Å². The van der Waals surface area contributed by atoms with E-state index >= 15 is 0 Å². The van der Waals surface area contributed by atoms with Gasteiger partial charge in [-0.1, -0.05) is 18.2 Å². The number of nitrogens with zero attached hydrogens (tertiary/aromatic N) is 1. The van der Waals surface area contributed by atoms with E-state index in [0.717, 1.165) is 5.69 Å². The predicted molar refractivity (Wildman–Crippen MR) is 91.5 cm³/mol. The number of nitrogens with one attached hydrogen (secondary N) is 2. The van der Waals surface area contributed by atoms with Crippen LogP contribution in [0, 0.1) is 5.41 Å². The van der Waals surface area contributed by atoms with Crippen LogP contribution in [0.15, 0.2) is 48.7 Å². The zero-order chi connectivity index (χ0) is 17.6. The highest BCUT2D eigenvalue weighted by atomic mass is 16.5. The zero-order valence-electron chi connectivity index (χ0n) is 14.0. The number of rotatable bonds is 6. The van der Waals surface area contributed by atoms with Crippen molar-refractivity contribution in [2.45, 2.75) is 20.4 Å². The van der Waals surface area contributed by atoms with Crippen LogP contribution < -0.4 is 15.4 Å². The Balaban J connectivity index is 2.02. The lowest BCUT2D eigenvalue weighted by molar-refractivity contribution is -0.138. The van der Waals surface area contributed by atoms with Crippen LogP contribution in [-0.2, 0) is 16.1 Å². The molecule has 2 amide bonds. The number of benzene rings is 1. The topological polar surface area (TPSA) is 80.3 Å². The predicted octanol–water partition coefficient (Wildman–Crippen LogP) is 2.37. The Bertz CT molecular complexity index is 714. The summed E-state index contributed by atoms with van der Waals surface area (Å²) in [6, 6.07) is 12.5. The molecule has 1 aromatic carbocycles. The second kappa shape index (κ2) is 7.59. The van der Waals surface area contributed by atoms with Gasteiger partial charge in [-0.05, 0) is 38.1 Å². The van der Waals surface area contributed by atoms with Crippen molar-refractivity contribution in [3.63, 3.8) is 0 Å². The summed E-state index contributed by atoms with van der Waals surface area (Å²) in [5.74, 6) is -0.249. The smallest absolute Gasteiger partial charge is 0.239 e. The van der Waals surface area contributed by atoms with Gasteiger partial charge in [-0.2, -0.15) is 0 Å². The fourth-order valence-electron chi connectivity index (χ4n) is 2.02. The molecule has 6 heteroatoms. The van der Waals surface area contributed by atoms with Gasteiger partial charge in [-0.3, -0.25) is 14.6 Å². The molecule has 126 valence electrons. The molecule has 1 heterocycles. The highest BCUT2D eigenvalue weighted by Crippen LogP contribution is 2.26. The van der Waals surface area contributed by atoms with Crippen molar-refractivity contribution in [1.29, 1.82) is 0 Å². The maximum Gasteiger partial charge on any atom is 0.239 e. The number of hydrogen-bond acceptors (Lipinski definition) is 4. The molecule has 0 saturated carbocycles. The largest absolute Gasteiger partial charge is 0.495 e. The van der Waals surface area contributed by atoms with E-state index in [9.17, 15) is 9.59 Å². The Morgan fingerprint density at radius 2 is 1.79 bits per heavy atom. The molecule has 2 aromatic rings. The molecule has 0 aliphatic heterocycles. The lowest BCUT2D eigenvalue weighted by atomic mass is 9.91. The lowest BCUT2D eigenvalue weighted by Crippen LogP contribution is -2.45. The Kier molecular flexibility index (Phi) is 5.52. The second-order valence-electron chi connectivity index (χ2n) is 5.78. The minimum absolute atomic E-state index is 0.269. The molecule has 0 saturated heterocycles. The molecular formula is C18H21N3O3. The van der Waals surface area contributed by atoms with Gasteiger partial charge in [-0.25, -0.2) is 0 Å². The average molecular weight is 327 g/mol. The van der Waals surface area contributed by atoms with E-state index < -0.39 is 11.3 Å². The minimum Gasteiger partial charge on any atom is -0.495 e. The van der Waals surface area contributed by atoms with Crippen LogP contribution in [0.25, 0.3) is 0 Å². The molecule has 6 nitrogen and oxygen atoms in total. The molecule has 0 aliphatic carbocycles. The Labute approximate surface area is 141 Å². The van der Waals surface area contributed by atoms with Crippen molar-refractivity contribution in [2.75, 3.05) is 12.4 Å². The molecule has 0 fully saturated rings. The third-order valence-corrected chi connectivity index (χ3v) is 3.65. The molecule has 0 spiro atoms. The van der Waals surface area contributed by atoms with E-state index in [-0.39, 0.29) is 12.5 Å². The Morgan fingerprint density at radius 3 is 2.46 bits per heavy atom. The van der Waals surface area contributed by atoms with Gasteiger partial charge in [0.25, 0.3) is 0 Å². The van der Waals surface area contributed by atoms with Crippen molar-refractivity contribution < 1.29 is 14.3 Å². The summed E-state index contributed by atoms with van der Waals surface area (Å²) in [6.07, 6.45) is 1.65. The van der Waals surface area contributed by atoms with Crippen LogP contribution in [0.5, 0.6) is 5.75 Å². The summed E-state index contributed by atoms with van der Waals surface area (Å²) >= 11 is 0. The van der Waals surface area contributed by atoms with Crippen molar-refractivity contribution >= 4 is 17.5 Å². The van der Waals surface area contributed by atoms with E-state index in [1.807, 2.05) is 12.1 Å². The summed E-state index contributed by atoms with van der Waals surface area (Å²) in [6.45, 7) is 3.42. The normalized spacial score (nSPS) is 10.8. The highest BCUT2D eigenvalue weighted by molar-refractivity contribution is 6.10. The maximum absolute atomic E-state index is 12.5. The van der Waals surface area contributed by atoms with Gasteiger partial charge in [0, 0.05) is 6.20 Å². The third-order valence-electron chi connectivity index (χ3n) is 3.65. The number of anilines is 1. The number of para-hydroxylation sites is 2. The number of ether oxygens (including phenoxy) is 1. The quantitative estimate of drug-likeness (QED) is 0.798. The minimum atomic E-state index is -1.24. The molecule has 0 aliphatic rings. The van der Waals surface area contributed by atoms with E-state index in [2.05, 4.69) is 15.6 Å². The van der Waals surface area contributed by atoms with E-state index in [0.29, 0.717) is 11.4 Å². The molecular weight excluding hydrogens is 306 g/mol. The molecule has 2 rings (SSSR count). The highest BCUT2D eigenvalue weighted by Gasteiger charge is 2.36. The van der Waals surface area contributed by atoms with Crippen LogP contribution in [-0.4, -0.2) is 23.9 Å². The number of carbonyl (C=O) groups excluding carboxylic acids is 2. The first-order chi connectivity index (χ1) is 11.4. The lowest BCUT2D eigenvalue weighted by Gasteiger charge is -2.23. The molecule has 0 atom stereocenters. The zero-order valence-corrected chi connectivity index (χ0v) is 14.0. The molecule has 0 radical (unpaired) electrons. The fraction of sp³-hybridized carbons (Fsp3) is 0.278. The van der Waals surface area contributed by atoms with Crippen molar-refractivity contribution in [1.82, 2.24) is 10.3 Å². The Morgan fingerprint density at radius 1 is 1.08 bits per heavy atom. The van der Waals surface area contributed by atoms with Crippen LogP contribution in [0.3, 0.4) is 0 Å². The summed E-state index contributed by atoms with van der Waals surface area (Å²) in [4.78, 5) is 29.0. The van der Waals surface area contributed by atoms with Gasteiger partial charge in [0.05, 0.1) is 25.0 Å². The van der Waals surface area contributed by atoms with Crippen LogP contribution in [0.2, 0.25) is 0 Å². The molecule has 0 bridgehead atoms. The van der Waals surface area contributed by atoms with Gasteiger partial charge < -0.3 is 15.4 Å². The molecule has 0 unspecified atom stereocenters. The fourth-order valence-corrected chi connectivity index (χ4v) is 2.02. The number of pyridine rings is 1. The van der Waals surface area contributed by atoms with Crippen LogP contribution >= 0.6 is 0 Å². The Hall–Kier alpha value is -2.89. The summed E-state index contributed by atoms with van der Waals surface area (Å²) < 4.78 is 5.20. The summed E-state index contributed by atoms with van der Waals surface area (Å²) in [5.41, 5.74) is 0.0118. The van der Waals surface area contributed by atoms with E-state index in [1.54, 1.807) is 50.4 Å². The average Bonchev–Trinajstić information content (AvgIpc) is 2.60. The first-order valence-electron chi connectivity index (χ1n) is 7.58. The molecule has 1 aromatic heterocycles. The van der Waals surface area contributed by atoms with Gasteiger partial charge in [0.15, 0.2) is 0 Å². The number of carbonyl (C=O) groups is 2. The van der Waals surface area contributed by atoms with Crippen molar-refractivity contribution in [3.05, 3.63) is 54.4 Å². The molecule has 2 N–H and O–H groups in total. The van der Waals surface area contributed by atoms with Crippen LogP contribution in [0.1, 0.15) is 19.5 Å². The number of hydrogen-bond donors (Lipinski definition) is 2. The van der Waals surface area contributed by atoms with Gasteiger partial charge in [0.1, 0.15) is 11.2 Å². The summed E-state index contributed by atoms with van der Waals surface area (Å²) in [5, 5.41) is 5.48. The number of methoxy groups -OCH3 is 1. The maximum atomic E-state index is 12.5. The van der Waals surface area contributed by atoms with Crippen molar-refractivity contribution in [3.8, 4) is 5.75 Å². The monoisotopic (exact) mass is 327 g/mol. The van der Waals surface area contributed by atoms with E-state index in [1.165, 1.54) is 7.11 Å². The van der Waals surface area contributed by atoms with Gasteiger partial charge in [-0.15, -0.1) is 0 Å². The first-order valence-corrected chi connectivity index (χ1v) is 7.58. The molecule has 24 heavy (non-hydrogen) atoms. The van der Waals surface area contributed by atoms with Crippen molar-refractivity contribution in [2.24, 2.45) is 5.41 Å². The number of aromatic nitrogens is 1. The summed E-state index contributed by atoms with van der Waals surface area (Å²) in [7, 11) is 1.52. The SMILES string of the molecule is COc1ccccc1NC(=O)C(C)(C)C(=O)NCc1ccccn1. The third kappa shape index (κ3) is 4.10. The van der Waals surface area contributed by atoms with Crippen LogP contribution in [0.4, 0.5) is 5.69 Å². The first kappa shape index (κ1) is 17.5.